The Kier molecular flexibility index (Phi) is 7.48. The summed E-state index contributed by atoms with van der Waals surface area (Å²) < 4.78 is 10.1. The first-order chi connectivity index (χ1) is 12.2. The highest BCUT2D eigenvalue weighted by Gasteiger charge is 2.19. The zero-order valence-corrected chi connectivity index (χ0v) is 14.7. The molecule has 0 spiro atoms. The van der Waals surface area contributed by atoms with Crippen LogP contribution in [0.2, 0.25) is 0 Å². The molecule has 0 bridgehead atoms. The van der Waals surface area contributed by atoms with Gasteiger partial charge in [0.05, 0.1) is 24.7 Å². The van der Waals surface area contributed by atoms with Crippen LogP contribution < -0.4 is 16.8 Å². The summed E-state index contributed by atoms with van der Waals surface area (Å²) in [5, 5.41) is 10.6. The molecule has 0 amide bonds. The van der Waals surface area contributed by atoms with Crippen molar-refractivity contribution in [2.45, 2.75) is 38.5 Å². The molecule has 0 aromatic carbocycles. The molecule has 25 heavy (non-hydrogen) atoms. The van der Waals surface area contributed by atoms with Crippen molar-refractivity contribution >= 4 is 6.34 Å². The average Bonchev–Trinajstić information content (AvgIpc) is 3.34. The molecule has 1 aliphatic heterocycles. The predicted molar refractivity (Wildman–Crippen MR) is 92.3 cm³/mol. The Balaban J connectivity index is 0.000000181. The van der Waals surface area contributed by atoms with Crippen LogP contribution in [0.1, 0.15) is 49.1 Å². The van der Waals surface area contributed by atoms with Crippen LogP contribution in [0, 0.1) is 0 Å². The second-order valence-electron chi connectivity index (χ2n) is 5.57. The van der Waals surface area contributed by atoms with E-state index in [2.05, 4.69) is 30.6 Å². The quantitative estimate of drug-likeness (QED) is 0.651. The van der Waals surface area contributed by atoms with Crippen molar-refractivity contribution in [2.75, 3.05) is 26.2 Å². The van der Waals surface area contributed by atoms with Crippen LogP contribution in [0.15, 0.2) is 14.0 Å². The molecule has 1 unspecified atom stereocenters. The van der Waals surface area contributed by atoms with Gasteiger partial charge in [-0.3, -0.25) is 4.99 Å². The van der Waals surface area contributed by atoms with Gasteiger partial charge in [0.2, 0.25) is 11.8 Å². The molecule has 5 N–H and O–H groups in total. The first kappa shape index (κ1) is 19.0. The fourth-order valence-corrected chi connectivity index (χ4v) is 2.12. The van der Waals surface area contributed by atoms with E-state index in [1.54, 1.807) is 6.34 Å². The molecular formula is C15H26N8O2. The molecular weight excluding hydrogens is 324 g/mol. The summed E-state index contributed by atoms with van der Waals surface area (Å²) >= 11 is 0. The smallest absolute Gasteiger partial charge is 0.233 e. The maximum Gasteiger partial charge on any atom is 0.233 e. The number of nitrogens with two attached hydrogens (primary N) is 2. The second-order valence-corrected chi connectivity index (χ2v) is 5.57. The Morgan fingerprint density at radius 3 is 2.32 bits per heavy atom. The van der Waals surface area contributed by atoms with E-state index >= 15 is 0 Å². The van der Waals surface area contributed by atoms with Crippen LogP contribution >= 0.6 is 0 Å². The molecule has 2 aromatic heterocycles. The van der Waals surface area contributed by atoms with Crippen LogP contribution in [0.3, 0.4) is 0 Å². The zero-order valence-electron chi connectivity index (χ0n) is 14.7. The highest BCUT2D eigenvalue weighted by atomic mass is 16.5. The summed E-state index contributed by atoms with van der Waals surface area (Å²) in [5.74, 6) is 2.95. The van der Waals surface area contributed by atoms with Gasteiger partial charge in [-0.1, -0.05) is 24.2 Å². The maximum absolute atomic E-state index is 5.46. The molecule has 2 aromatic rings. The highest BCUT2D eigenvalue weighted by molar-refractivity contribution is 5.55. The normalized spacial score (nSPS) is 16.4. The first-order valence-corrected chi connectivity index (χ1v) is 8.48. The summed E-state index contributed by atoms with van der Waals surface area (Å²) in [6.45, 7) is 6.43. The fourth-order valence-electron chi connectivity index (χ4n) is 2.12. The van der Waals surface area contributed by atoms with E-state index in [0.717, 1.165) is 31.8 Å². The average molecular weight is 350 g/mol. The Labute approximate surface area is 146 Å². The number of hydrogen-bond acceptors (Lipinski definition) is 10. The van der Waals surface area contributed by atoms with Gasteiger partial charge in [0.1, 0.15) is 0 Å². The van der Waals surface area contributed by atoms with Gasteiger partial charge in [-0.15, -0.1) is 0 Å². The lowest BCUT2D eigenvalue weighted by Crippen LogP contribution is -2.27. The molecule has 0 saturated heterocycles. The lowest BCUT2D eigenvalue weighted by molar-refractivity contribution is 0.348. The summed E-state index contributed by atoms with van der Waals surface area (Å²) in [5.41, 5.74) is 10.9. The topological polar surface area (TPSA) is 154 Å². The standard InChI is InChI=1S/C8H12N4O.C7H14N4O/c1-2-7-11-8(13-12-7)6-3-9-5-10-4-6;1-2-6-10-7(12-11-6)5(3-8)4-9/h5-6H,2-4H2,1H3,(H,9,10);5H,2-4,8-9H2,1H3. The van der Waals surface area contributed by atoms with Crippen molar-refractivity contribution in [3.8, 4) is 0 Å². The lowest BCUT2D eigenvalue weighted by Gasteiger charge is -2.13. The number of aromatic nitrogens is 4. The molecule has 0 aliphatic carbocycles. The van der Waals surface area contributed by atoms with E-state index in [4.69, 9.17) is 20.5 Å². The molecule has 0 radical (unpaired) electrons. The van der Waals surface area contributed by atoms with Crippen LogP contribution in [-0.4, -0.2) is 52.8 Å². The van der Waals surface area contributed by atoms with E-state index in [0.29, 0.717) is 30.7 Å². The van der Waals surface area contributed by atoms with Crippen molar-refractivity contribution in [3.63, 3.8) is 0 Å². The van der Waals surface area contributed by atoms with E-state index in [-0.39, 0.29) is 11.8 Å². The summed E-state index contributed by atoms with van der Waals surface area (Å²) in [6.07, 6.45) is 3.30. The molecule has 0 fully saturated rings. The molecule has 3 heterocycles. The van der Waals surface area contributed by atoms with Crippen molar-refractivity contribution in [2.24, 2.45) is 16.5 Å². The summed E-state index contributed by atoms with van der Waals surface area (Å²) in [4.78, 5) is 12.5. The first-order valence-electron chi connectivity index (χ1n) is 8.48. The lowest BCUT2D eigenvalue weighted by atomic mass is 10.1. The largest absolute Gasteiger partial charge is 0.376 e. The van der Waals surface area contributed by atoms with Gasteiger partial charge in [-0.05, 0) is 0 Å². The third-order valence-electron chi connectivity index (χ3n) is 3.74. The number of rotatable bonds is 6. The predicted octanol–water partition coefficient (Wildman–Crippen LogP) is -0.0199. The minimum Gasteiger partial charge on any atom is -0.376 e. The number of aliphatic imine (C=N–C) groups is 1. The van der Waals surface area contributed by atoms with Crippen molar-refractivity contribution in [1.29, 1.82) is 0 Å². The third-order valence-corrected chi connectivity index (χ3v) is 3.74. The highest BCUT2D eigenvalue weighted by Crippen LogP contribution is 2.14. The Morgan fingerprint density at radius 2 is 1.80 bits per heavy atom. The van der Waals surface area contributed by atoms with Gasteiger partial charge < -0.3 is 25.8 Å². The number of hydrogen-bond donors (Lipinski definition) is 3. The van der Waals surface area contributed by atoms with Gasteiger partial charge >= 0.3 is 0 Å². The molecule has 1 aliphatic rings. The maximum atomic E-state index is 5.46. The molecule has 0 saturated carbocycles. The monoisotopic (exact) mass is 350 g/mol. The molecule has 10 heteroatoms. The molecule has 138 valence electrons. The van der Waals surface area contributed by atoms with E-state index in [9.17, 15) is 0 Å². The van der Waals surface area contributed by atoms with Gasteiger partial charge in [0.25, 0.3) is 0 Å². The number of nitrogens with one attached hydrogen (secondary N) is 1. The Morgan fingerprint density at radius 1 is 1.12 bits per heavy atom. The van der Waals surface area contributed by atoms with Crippen LogP contribution in [-0.2, 0) is 12.8 Å². The van der Waals surface area contributed by atoms with Gasteiger partial charge in [-0.25, -0.2) is 0 Å². The van der Waals surface area contributed by atoms with E-state index < -0.39 is 0 Å². The van der Waals surface area contributed by atoms with E-state index in [1.807, 2.05) is 13.8 Å². The SMILES string of the molecule is CCc1noc(C(CN)CN)n1.CCc1noc(C2CN=CNC2)n1. The van der Waals surface area contributed by atoms with E-state index in [1.165, 1.54) is 0 Å². The van der Waals surface area contributed by atoms with Crippen molar-refractivity contribution < 1.29 is 9.05 Å². The molecule has 3 rings (SSSR count). The fraction of sp³-hybridized carbons (Fsp3) is 0.667. The minimum absolute atomic E-state index is 0.00204. The number of aryl methyl sites for hydroxylation is 2. The van der Waals surface area contributed by atoms with Crippen molar-refractivity contribution in [1.82, 2.24) is 25.6 Å². The van der Waals surface area contributed by atoms with Crippen molar-refractivity contribution in [3.05, 3.63) is 23.4 Å². The zero-order chi connectivity index (χ0) is 18.1. The number of nitrogens with zero attached hydrogens (tertiary/aromatic N) is 5. The molecule has 1 atom stereocenters. The second kappa shape index (κ2) is 9.84. The van der Waals surface area contributed by atoms with Crippen LogP contribution in [0.4, 0.5) is 0 Å². The van der Waals surface area contributed by atoms with Crippen LogP contribution in [0.5, 0.6) is 0 Å². The summed E-state index contributed by atoms with van der Waals surface area (Å²) in [6, 6.07) is 0. The minimum atomic E-state index is -0.00204. The van der Waals surface area contributed by atoms with Gasteiger partial charge in [-0.2, -0.15) is 9.97 Å². The Hall–Kier alpha value is -2.33. The molecule has 10 nitrogen and oxygen atoms in total. The van der Waals surface area contributed by atoms with Gasteiger partial charge in [0, 0.05) is 32.5 Å². The Bertz CT molecular complexity index is 650. The summed E-state index contributed by atoms with van der Waals surface area (Å²) in [7, 11) is 0. The van der Waals surface area contributed by atoms with Gasteiger partial charge in [0.15, 0.2) is 11.6 Å². The third kappa shape index (κ3) is 5.33. The van der Waals surface area contributed by atoms with Crippen LogP contribution in [0.25, 0.3) is 0 Å².